The number of aryl methyl sites for hydroxylation is 1. The van der Waals surface area contributed by atoms with E-state index in [1.807, 2.05) is 103 Å². The van der Waals surface area contributed by atoms with Crippen molar-refractivity contribution in [3.8, 4) is 5.75 Å². The third kappa shape index (κ3) is 6.01. The smallest absolute Gasteiger partial charge is 0.262 e. The van der Waals surface area contributed by atoms with Crippen molar-refractivity contribution in [1.82, 2.24) is 5.32 Å². The molecular weight excluding hydrogens is 498 g/mol. The fraction of sp³-hybridized carbons (Fsp3) is 0.235. The third-order valence-electron chi connectivity index (χ3n) is 6.97. The maximum absolute atomic E-state index is 14.1. The topological polar surface area (TPSA) is 61.9 Å². The van der Waals surface area contributed by atoms with E-state index in [0.717, 1.165) is 28.1 Å². The predicted octanol–water partition coefficient (Wildman–Crippen LogP) is 6.51. The Kier molecular flexibility index (Phi) is 8.15. The average Bonchev–Trinajstić information content (AvgIpc) is 2.98. The second-order valence-electron chi connectivity index (χ2n) is 10.6. The van der Waals surface area contributed by atoms with Gasteiger partial charge in [-0.25, -0.2) is 0 Å². The molecule has 4 aromatic rings. The van der Waals surface area contributed by atoms with Gasteiger partial charge in [0.15, 0.2) is 6.61 Å². The number of nitrogens with one attached hydrogen (secondary N) is 1. The summed E-state index contributed by atoms with van der Waals surface area (Å²) >= 11 is 0. The molecule has 4 aromatic carbocycles. The molecule has 204 valence electrons. The summed E-state index contributed by atoms with van der Waals surface area (Å²) in [7, 11) is 0. The number of nitrogens with zero attached hydrogens (tertiary/aromatic N) is 2. The first-order valence-corrected chi connectivity index (χ1v) is 13.7. The van der Waals surface area contributed by atoms with Crippen LogP contribution in [-0.2, 0) is 11.3 Å². The molecule has 1 aliphatic heterocycles. The predicted molar refractivity (Wildman–Crippen MR) is 160 cm³/mol. The lowest BCUT2D eigenvalue weighted by Gasteiger charge is -2.46. The number of carbonyl (C=O) groups excluding carboxylic acids is 2. The fourth-order valence-electron chi connectivity index (χ4n) is 4.92. The summed E-state index contributed by atoms with van der Waals surface area (Å²) in [5.41, 5.74) is 5.61. The molecule has 1 aliphatic rings. The lowest BCUT2D eigenvalue weighted by molar-refractivity contribution is -0.123. The molecule has 5 rings (SSSR count). The number of para-hydroxylation sites is 1. The van der Waals surface area contributed by atoms with Gasteiger partial charge in [0.05, 0.1) is 11.3 Å². The van der Waals surface area contributed by atoms with Crippen LogP contribution >= 0.6 is 0 Å². The molecule has 0 radical (unpaired) electrons. The molecule has 6 nitrogen and oxygen atoms in total. The Balaban J connectivity index is 1.52. The number of hydrogen-bond donors (Lipinski definition) is 1. The van der Waals surface area contributed by atoms with Gasteiger partial charge in [0, 0.05) is 18.8 Å². The molecule has 1 atom stereocenters. The molecular formula is C34H35N3O3. The van der Waals surface area contributed by atoms with Gasteiger partial charge in [-0.05, 0) is 60.4 Å². The Hall–Kier alpha value is -4.58. The highest BCUT2D eigenvalue weighted by atomic mass is 16.5. The van der Waals surface area contributed by atoms with Crippen molar-refractivity contribution in [3.05, 3.63) is 125 Å². The molecule has 0 spiro atoms. The van der Waals surface area contributed by atoms with Gasteiger partial charge < -0.3 is 15.0 Å². The van der Waals surface area contributed by atoms with Crippen LogP contribution in [0.2, 0.25) is 0 Å². The molecule has 0 bridgehead atoms. The van der Waals surface area contributed by atoms with Crippen LogP contribution in [-0.4, -0.2) is 25.0 Å². The molecule has 6 heteroatoms. The van der Waals surface area contributed by atoms with Crippen LogP contribution in [0.25, 0.3) is 0 Å². The first kappa shape index (κ1) is 27.0. The summed E-state index contributed by atoms with van der Waals surface area (Å²) in [6.07, 6.45) is -0.395. The number of fused-ring (bicyclic) bond motifs is 1. The van der Waals surface area contributed by atoms with E-state index in [0.29, 0.717) is 30.3 Å². The molecule has 2 amide bonds. The molecule has 0 saturated carbocycles. The monoisotopic (exact) mass is 533 g/mol. The zero-order valence-corrected chi connectivity index (χ0v) is 23.2. The molecule has 0 fully saturated rings. The van der Waals surface area contributed by atoms with E-state index in [1.165, 1.54) is 0 Å². The summed E-state index contributed by atoms with van der Waals surface area (Å²) in [4.78, 5) is 30.4. The summed E-state index contributed by atoms with van der Waals surface area (Å²) in [5.74, 6) is 0.784. The molecule has 0 aliphatic carbocycles. The average molecular weight is 534 g/mol. The Morgan fingerprint density at radius 3 is 2.25 bits per heavy atom. The van der Waals surface area contributed by atoms with Crippen molar-refractivity contribution in [2.45, 2.75) is 33.5 Å². The molecule has 1 heterocycles. The first-order chi connectivity index (χ1) is 19.4. The van der Waals surface area contributed by atoms with Crippen LogP contribution < -0.4 is 19.9 Å². The van der Waals surface area contributed by atoms with E-state index >= 15 is 0 Å². The van der Waals surface area contributed by atoms with Gasteiger partial charge in [-0.1, -0.05) is 86.1 Å². The normalized spacial score (nSPS) is 14.7. The van der Waals surface area contributed by atoms with Crippen LogP contribution in [0.5, 0.6) is 5.75 Å². The standard InChI is InChI=1S/C34H35N3O3/c1-24(2)21-35-32(38)23-40-29-19-15-27(16-20-29)33-36(22-26-9-5-4-6-10-26)31-12-8-7-11-30(31)34(39)37(33)28-17-13-25(3)14-18-28/h4-20,24,33H,21-23H2,1-3H3,(H,35,38)/t33-/m0/s1. The number of hydrogen-bond acceptors (Lipinski definition) is 4. The van der Waals surface area contributed by atoms with Crippen LogP contribution in [0.3, 0.4) is 0 Å². The highest BCUT2D eigenvalue weighted by Crippen LogP contribution is 2.42. The third-order valence-corrected chi connectivity index (χ3v) is 6.97. The van der Waals surface area contributed by atoms with E-state index < -0.39 is 6.17 Å². The van der Waals surface area contributed by atoms with E-state index in [-0.39, 0.29) is 18.4 Å². The van der Waals surface area contributed by atoms with Gasteiger partial charge in [0.1, 0.15) is 11.9 Å². The van der Waals surface area contributed by atoms with Gasteiger partial charge in [0.25, 0.3) is 11.8 Å². The van der Waals surface area contributed by atoms with Gasteiger partial charge in [-0.15, -0.1) is 0 Å². The summed E-state index contributed by atoms with van der Waals surface area (Å²) in [6, 6.07) is 33.8. The highest BCUT2D eigenvalue weighted by molar-refractivity contribution is 6.12. The second kappa shape index (κ2) is 12.1. The fourth-order valence-corrected chi connectivity index (χ4v) is 4.92. The number of amides is 2. The Labute approximate surface area is 236 Å². The lowest BCUT2D eigenvalue weighted by atomic mass is 9.99. The molecule has 0 saturated heterocycles. The minimum absolute atomic E-state index is 0.0447. The van der Waals surface area contributed by atoms with E-state index in [2.05, 4.69) is 36.2 Å². The van der Waals surface area contributed by atoms with Crippen LogP contribution in [0.4, 0.5) is 11.4 Å². The van der Waals surface area contributed by atoms with Crippen molar-refractivity contribution in [2.24, 2.45) is 5.92 Å². The minimum atomic E-state index is -0.395. The highest BCUT2D eigenvalue weighted by Gasteiger charge is 2.39. The SMILES string of the molecule is Cc1ccc(N2C(=O)c3ccccc3N(Cc3ccccc3)[C@@H]2c2ccc(OCC(=O)NCC(C)C)cc2)cc1. The number of ether oxygens (including phenoxy) is 1. The number of anilines is 2. The molecule has 0 unspecified atom stereocenters. The Morgan fingerprint density at radius 2 is 1.55 bits per heavy atom. The number of benzene rings is 4. The Bertz CT molecular complexity index is 1450. The lowest BCUT2D eigenvalue weighted by Crippen LogP contribution is -2.49. The first-order valence-electron chi connectivity index (χ1n) is 13.7. The summed E-state index contributed by atoms with van der Waals surface area (Å²) in [6.45, 7) is 7.33. The van der Waals surface area contributed by atoms with Gasteiger partial charge in [-0.3, -0.25) is 14.5 Å². The van der Waals surface area contributed by atoms with Crippen LogP contribution in [0, 0.1) is 12.8 Å². The summed E-state index contributed by atoms with van der Waals surface area (Å²) < 4.78 is 5.76. The zero-order chi connectivity index (χ0) is 28.1. The summed E-state index contributed by atoms with van der Waals surface area (Å²) in [5, 5.41) is 2.87. The van der Waals surface area contributed by atoms with Crippen molar-refractivity contribution in [2.75, 3.05) is 23.0 Å². The Morgan fingerprint density at radius 1 is 0.875 bits per heavy atom. The molecule has 40 heavy (non-hydrogen) atoms. The van der Waals surface area contributed by atoms with E-state index in [9.17, 15) is 9.59 Å². The molecule has 1 N–H and O–H groups in total. The largest absolute Gasteiger partial charge is 0.484 e. The zero-order valence-electron chi connectivity index (χ0n) is 23.2. The van der Waals surface area contributed by atoms with Gasteiger partial charge in [0.2, 0.25) is 0 Å². The number of carbonyl (C=O) groups is 2. The van der Waals surface area contributed by atoms with Crippen molar-refractivity contribution in [3.63, 3.8) is 0 Å². The van der Waals surface area contributed by atoms with Crippen molar-refractivity contribution < 1.29 is 14.3 Å². The van der Waals surface area contributed by atoms with E-state index in [1.54, 1.807) is 0 Å². The van der Waals surface area contributed by atoms with Crippen molar-refractivity contribution in [1.29, 1.82) is 0 Å². The minimum Gasteiger partial charge on any atom is -0.484 e. The van der Waals surface area contributed by atoms with E-state index in [4.69, 9.17) is 4.74 Å². The van der Waals surface area contributed by atoms with Gasteiger partial charge in [-0.2, -0.15) is 0 Å². The van der Waals surface area contributed by atoms with Crippen LogP contribution in [0.15, 0.2) is 103 Å². The maximum Gasteiger partial charge on any atom is 0.262 e. The maximum atomic E-state index is 14.1. The number of rotatable bonds is 9. The van der Waals surface area contributed by atoms with Gasteiger partial charge >= 0.3 is 0 Å². The quantitative estimate of drug-likeness (QED) is 0.266. The van der Waals surface area contributed by atoms with Crippen molar-refractivity contribution >= 4 is 23.2 Å². The molecule has 0 aromatic heterocycles. The van der Waals surface area contributed by atoms with Crippen LogP contribution in [0.1, 0.15) is 47.1 Å². The second-order valence-corrected chi connectivity index (χ2v) is 10.6.